The number of nitrogens with zero attached hydrogens (tertiary/aromatic N) is 1. The minimum atomic E-state index is -2.79. The van der Waals surface area contributed by atoms with Gasteiger partial charge in [0.25, 0.3) is 5.91 Å². The van der Waals surface area contributed by atoms with Crippen LogP contribution in [0.4, 0.5) is 11.4 Å². The van der Waals surface area contributed by atoms with Crippen LogP contribution >= 0.6 is 0 Å². The first-order chi connectivity index (χ1) is 24.9. The van der Waals surface area contributed by atoms with Crippen LogP contribution in [0.1, 0.15) is 65.9 Å². The van der Waals surface area contributed by atoms with Crippen LogP contribution in [0, 0.1) is 12.1 Å². The number of hydrogen-bond acceptors (Lipinski definition) is 5. The number of aryl methyl sites for hydroxylation is 2. The summed E-state index contributed by atoms with van der Waals surface area (Å²) in [7, 11) is -1.37. The SMILES string of the molecule is C=S(=O)(OC)c1ccc2c(c1)C(C)(C)\C(=C/C=C/C=C/C1=Nc3ccc(C(=O)NCc4ccc5c6c4ccc4c#ccc(c46)CC5)cc3C1(C)C)N2. The van der Waals surface area contributed by atoms with Gasteiger partial charge in [-0.15, -0.1) is 0 Å². The van der Waals surface area contributed by atoms with Crippen molar-refractivity contribution < 1.29 is 13.2 Å². The van der Waals surface area contributed by atoms with Gasteiger partial charge < -0.3 is 10.6 Å². The Morgan fingerprint density at radius 2 is 1.79 bits per heavy atom. The third kappa shape index (κ3) is 5.54. The largest absolute Gasteiger partial charge is 0.358 e. The first-order valence-electron chi connectivity index (χ1n) is 17.6. The summed E-state index contributed by atoms with van der Waals surface area (Å²) in [5.74, 6) is 3.65. The summed E-state index contributed by atoms with van der Waals surface area (Å²) in [6, 6.07) is 28.6. The lowest BCUT2D eigenvalue weighted by Gasteiger charge is -2.21. The van der Waals surface area contributed by atoms with E-state index in [-0.39, 0.29) is 16.7 Å². The van der Waals surface area contributed by atoms with Gasteiger partial charge in [-0.1, -0.05) is 76.3 Å². The van der Waals surface area contributed by atoms with E-state index in [2.05, 4.69) is 92.7 Å². The van der Waals surface area contributed by atoms with Crippen molar-refractivity contribution in [3.63, 3.8) is 0 Å². The Hall–Kier alpha value is -5.42. The number of benzene rings is 4. The van der Waals surface area contributed by atoms with E-state index in [1.54, 1.807) is 6.07 Å². The summed E-state index contributed by atoms with van der Waals surface area (Å²) < 4.78 is 17.9. The number of allylic oxidation sites excluding steroid dienone is 6. The van der Waals surface area contributed by atoms with E-state index in [0.717, 1.165) is 57.7 Å². The number of carbonyl (C=O) groups excluding carboxylic acids is 1. The smallest absolute Gasteiger partial charge is 0.251 e. The summed E-state index contributed by atoms with van der Waals surface area (Å²) in [4.78, 5) is 19.0. The minimum Gasteiger partial charge on any atom is -0.358 e. The monoisotopic (exact) mass is 703 g/mol. The normalized spacial score (nSPS) is 18.4. The predicted octanol–water partition coefficient (Wildman–Crippen LogP) is 9.02. The van der Waals surface area contributed by atoms with E-state index in [4.69, 9.17) is 9.18 Å². The van der Waals surface area contributed by atoms with Crippen LogP contribution in [-0.2, 0) is 44.2 Å². The zero-order chi connectivity index (χ0) is 36.4. The lowest BCUT2D eigenvalue weighted by Crippen LogP contribution is -2.26. The number of rotatable bonds is 8. The lowest BCUT2D eigenvalue weighted by molar-refractivity contribution is 0.0951. The van der Waals surface area contributed by atoms with Crippen LogP contribution in [-0.4, -0.2) is 28.8 Å². The van der Waals surface area contributed by atoms with Crippen molar-refractivity contribution in [2.75, 3.05) is 12.4 Å². The van der Waals surface area contributed by atoms with E-state index in [1.807, 2.05) is 54.6 Å². The number of hydrogen-bond donors (Lipinski definition) is 2. The highest BCUT2D eigenvalue weighted by Crippen LogP contribution is 2.44. The van der Waals surface area contributed by atoms with Crippen molar-refractivity contribution in [1.29, 1.82) is 0 Å². The molecule has 1 amide bonds. The predicted molar refractivity (Wildman–Crippen MR) is 214 cm³/mol. The Morgan fingerprint density at radius 1 is 0.962 bits per heavy atom. The first-order valence-corrected chi connectivity index (χ1v) is 19.2. The summed E-state index contributed by atoms with van der Waals surface area (Å²) in [5.41, 5.74) is 9.64. The number of nitrogens with one attached hydrogen (secondary N) is 2. The zero-order valence-corrected chi connectivity index (χ0v) is 31.0. The fourth-order valence-corrected chi connectivity index (χ4v) is 8.59. The van der Waals surface area contributed by atoms with Crippen LogP contribution in [0.15, 0.2) is 113 Å². The number of amides is 1. The number of aliphatic imine (C=N–C) groups is 1. The van der Waals surface area contributed by atoms with Gasteiger partial charge >= 0.3 is 0 Å². The van der Waals surface area contributed by atoms with Gasteiger partial charge in [0.15, 0.2) is 0 Å². The molecule has 1 unspecified atom stereocenters. The van der Waals surface area contributed by atoms with Gasteiger partial charge in [-0.05, 0) is 118 Å². The standard InChI is InChI=1S/C45H41N3O3S/c1-44(2)35-25-31(43(49)46-27-32-18-17-30-16-15-28-11-10-12-29-19-22-34(32)42(30)41(28)29)20-23-37(35)47-39(44)13-8-7-9-14-40-45(3,4)36-26-33(52(6,50)51-5)21-24-38(36)48-40/h7-9,11,13-14,17-26,48H,6,15-16,27H2,1-5H3,(H,46,49)/b9-7+,13-8+,40-14+. The molecular formula is C45H41N3O3S. The summed E-state index contributed by atoms with van der Waals surface area (Å²) in [5, 5.41) is 11.5. The van der Waals surface area contributed by atoms with E-state index >= 15 is 0 Å². The van der Waals surface area contributed by atoms with Crippen molar-refractivity contribution in [3.05, 3.63) is 148 Å². The summed E-state index contributed by atoms with van der Waals surface area (Å²) >= 11 is 0. The van der Waals surface area contributed by atoms with Gasteiger partial charge in [-0.3, -0.25) is 14.0 Å². The Labute approximate surface area is 306 Å². The van der Waals surface area contributed by atoms with E-state index in [1.165, 1.54) is 34.4 Å². The van der Waals surface area contributed by atoms with E-state index < -0.39 is 9.80 Å². The molecule has 2 N–H and O–H groups in total. The van der Waals surface area contributed by atoms with Gasteiger partial charge in [-0.25, -0.2) is 4.21 Å². The molecule has 1 atom stereocenters. The maximum atomic E-state index is 13.5. The van der Waals surface area contributed by atoms with Crippen LogP contribution in [0.3, 0.4) is 0 Å². The molecule has 0 bridgehead atoms. The molecule has 0 saturated carbocycles. The van der Waals surface area contributed by atoms with Crippen LogP contribution in [0.5, 0.6) is 0 Å². The first kappa shape index (κ1) is 33.7. The Morgan fingerprint density at radius 3 is 2.62 bits per heavy atom. The molecular weight excluding hydrogens is 663 g/mol. The van der Waals surface area contributed by atoms with Gasteiger partial charge in [0, 0.05) is 45.1 Å². The minimum absolute atomic E-state index is 0.104. The van der Waals surface area contributed by atoms with E-state index in [0.29, 0.717) is 17.0 Å². The molecule has 0 saturated heterocycles. The second-order valence-corrected chi connectivity index (χ2v) is 16.9. The molecule has 0 aromatic heterocycles. The number of fused-ring (bicyclic) bond motifs is 2. The average molecular weight is 704 g/mol. The molecule has 6 nitrogen and oxygen atoms in total. The highest BCUT2D eigenvalue weighted by atomic mass is 32.2. The van der Waals surface area contributed by atoms with Crippen LogP contribution in [0.25, 0.3) is 21.5 Å². The van der Waals surface area contributed by atoms with Crippen LogP contribution < -0.4 is 10.6 Å². The molecule has 5 aromatic carbocycles. The van der Waals surface area contributed by atoms with Crippen molar-refractivity contribution in [2.45, 2.75) is 62.8 Å². The van der Waals surface area contributed by atoms with Gasteiger partial charge in [0.1, 0.15) is 9.80 Å². The highest BCUT2D eigenvalue weighted by Gasteiger charge is 2.36. The molecule has 52 heavy (non-hydrogen) atoms. The van der Waals surface area contributed by atoms with Crippen molar-refractivity contribution in [1.82, 2.24) is 5.32 Å². The highest BCUT2D eigenvalue weighted by molar-refractivity contribution is 7.96. The van der Waals surface area contributed by atoms with Gasteiger partial charge in [0.2, 0.25) is 0 Å². The molecule has 1 aliphatic carbocycles. The maximum absolute atomic E-state index is 13.5. The van der Waals surface area contributed by atoms with Gasteiger partial charge in [-0.2, -0.15) is 0 Å². The van der Waals surface area contributed by atoms with E-state index in [9.17, 15) is 9.00 Å². The van der Waals surface area contributed by atoms with Crippen LogP contribution in [0.2, 0.25) is 0 Å². The second kappa shape index (κ2) is 12.4. The Bertz CT molecular complexity index is 2570. The molecule has 7 heteroatoms. The topological polar surface area (TPSA) is 79.8 Å². The molecule has 0 spiro atoms. The molecule has 260 valence electrons. The number of carbonyl (C=O) groups is 1. The Balaban J connectivity index is 0.947. The quantitative estimate of drug-likeness (QED) is 0.125. The maximum Gasteiger partial charge on any atom is 0.251 e. The van der Waals surface area contributed by atoms with Crippen molar-refractivity contribution in [3.8, 4) is 0 Å². The van der Waals surface area contributed by atoms with Gasteiger partial charge in [0.05, 0.1) is 23.4 Å². The molecule has 0 radical (unpaired) electrons. The zero-order valence-electron chi connectivity index (χ0n) is 30.1. The molecule has 2 aliphatic heterocycles. The second-order valence-electron chi connectivity index (χ2n) is 14.8. The fourth-order valence-electron chi connectivity index (χ4n) is 7.82. The summed E-state index contributed by atoms with van der Waals surface area (Å²) in [6.45, 7) is 9.00. The number of anilines is 1. The average Bonchev–Trinajstić information content (AvgIpc) is 3.55. The third-order valence-corrected chi connectivity index (χ3v) is 12.5. The molecule has 2 heterocycles. The Kier molecular flexibility index (Phi) is 8.02. The lowest BCUT2D eigenvalue weighted by atomic mass is 9.80. The molecule has 8 rings (SSSR count). The molecule has 3 aliphatic rings. The molecule has 5 aromatic rings. The van der Waals surface area contributed by atoms with Crippen molar-refractivity contribution in [2.24, 2.45) is 4.99 Å². The third-order valence-electron chi connectivity index (χ3n) is 11.0. The summed E-state index contributed by atoms with van der Waals surface area (Å²) in [6.07, 6.45) is 12.1. The van der Waals surface area contributed by atoms with Crippen molar-refractivity contribution >= 4 is 60.2 Å². The molecule has 0 fully saturated rings. The fraction of sp³-hybridized carbons (Fsp3) is 0.222.